The highest BCUT2D eigenvalue weighted by atomic mass is 35.5. The van der Waals surface area contributed by atoms with Crippen molar-refractivity contribution in [2.24, 2.45) is 5.92 Å². The van der Waals surface area contributed by atoms with Crippen LogP contribution in [-0.4, -0.2) is 34.4 Å². The normalized spacial score (nSPS) is 28.8. The van der Waals surface area contributed by atoms with Gasteiger partial charge in [0.25, 0.3) is 0 Å². The third kappa shape index (κ3) is 2.48. The highest BCUT2D eigenvalue weighted by molar-refractivity contribution is 6.35. The predicted octanol–water partition coefficient (Wildman–Crippen LogP) is 2.74. The number of carbonyl (C=O) groups is 1. The molecule has 1 aromatic heterocycles. The van der Waals surface area contributed by atoms with Gasteiger partial charge in [0.2, 0.25) is 5.91 Å². The fraction of sp³-hybridized carbons (Fsp3) is 0.526. The van der Waals surface area contributed by atoms with E-state index in [1.807, 2.05) is 17.0 Å². The van der Waals surface area contributed by atoms with E-state index in [2.05, 4.69) is 21.9 Å². The topological polar surface area (TPSA) is 60.2 Å². The van der Waals surface area contributed by atoms with E-state index in [0.29, 0.717) is 18.5 Å². The Morgan fingerprint density at radius 3 is 3.00 bits per heavy atom. The van der Waals surface area contributed by atoms with E-state index >= 15 is 0 Å². The molecule has 132 valence electrons. The van der Waals surface area contributed by atoms with Crippen LogP contribution in [0.1, 0.15) is 36.9 Å². The van der Waals surface area contributed by atoms with E-state index in [0.717, 1.165) is 35.3 Å². The number of hydrogen-bond acceptors (Lipinski definition) is 3. The van der Waals surface area contributed by atoms with E-state index in [1.54, 1.807) is 0 Å². The molecule has 2 aliphatic heterocycles. The number of amides is 1. The Balaban J connectivity index is 1.41. The minimum Gasteiger partial charge on any atom is -0.357 e. The van der Waals surface area contributed by atoms with Crippen LogP contribution in [-0.2, 0) is 17.8 Å². The van der Waals surface area contributed by atoms with Crippen molar-refractivity contribution in [3.8, 4) is 0 Å². The Labute approximate surface area is 152 Å². The number of hydrogen-bond donors (Lipinski definition) is 3. The molecule has 1 aliphatic carbocycles. The summed E-state index contributed by atoms with van der Waals surface area (Å²) in [5.41, 5.74) is 10.1. The van der Waals surface area contributed by atoms with Crippen LogP contribution < -0.4 is 10.9 Å². The molecule has 5 nitrogen and oxygen atoms in total. The molecule has 1 aromatic carbocycles. The van der Waals surface area contributed by atoms with Crippen molar-refractivity contribution in [1.82, 2.24) is 20.7 Å². The molecule has 1 amide bonds. The molecular formula is C19H23ClN4O. The van der Waals surface area contributed by atoms with Gasteiger partial charge < -0.3 is 9.88 Å². The lowest BCUT2D eigenvalue weighted by molar-refractivity contribution is -0.135. The lowest BCUT2D eigenvalue weighted by Gasteiger charge is -2.32. The van der Waals surface area contributed by atoms with Gasteiger partial charge in [-0.15, -0.1) is 0 Å². The standard InChI is InChI=1S/C19H23ClN4O/c20-14-6-3-5-11-13-10-24(9-8-15(13)21-17(11)14)19(25)18-12-4-1-2-7-16(12)22-23-18/h3,5-6,12,16,18,21-23H,1-2,4,7-10H2. The summed E-state index contributed by atoms with van der Waals surface area (Å²) in [6.45, 7) is 1.44. The molecule has 0 bridgehead atoms. The predicted molar refractivity (Wildman–Crippen MR) is 98.2 cm³/mol. The van der Waals surface area contributed by atoms with Crippen molar-refractivity contribution in [2.45, 2.75) is 50.7 Å². The highest BCUT2D eigenvalue weighted by Crippen LogP contribution is 2.34. The third-order valence-corrected chi connectivity index (χ3v) is 6.52. The van der Waals surface area contributed by atoms with Crippen LogP contribution in [0.25, 0.3) is 10.9 Å². The molecule has 3 unspecified atom stereocenters. The van der Waals surface area contributed by atoms with Gasteiger partial charge in [0, 0.05) is 48.1 Å². The number of aromatic nitrogens is 1. The number of fused-ring (bicyclic) bond motifs is 4. The molecule has 0 spiro atoms. The molecule has 3 aliphatic rings. The van der Waals surface area contributed by atoms with E-state index in [1.165, 1.54) is 30.5 Å². The van der Waals surface area contributed by atoms with Gasteiger partial charge in [0.05, 0.1) is 10.5 Å². The maximum Gasteiger partial charge on any atom is 0.241 e. The van der Waals surface area contributed by atoms with E-state index < -0.39 is 0 Å². The second kappa shape index (κ2) is 6.01. The number of halogens is 1. The van der Waals surface area contributed by atoms with Crippen molar-refractivity contribution >= 4 is 28.4 Å². The van der Waals surface area contributed by atoms with Crippen LogP contribution in [0, 0.1) is 5.92 Å². The number of nitrogens with zero attached hydrogens (tertiary/aromatic N) is 1. The number of hydrazine groups is 1. The smallest absolute Gasteiger partial charge is 0.241 e. The molecule has 5 rings (SSSR count). The van der Waals surface area contributed by atoms with Crippen molar-refractivity contribution in [3.63, 3.8) is 0 Å². The largest absolute Gasteiger partial charge is 0.357 e. The van der Waals surface area contributed by atoms with Gasteiger partial charge in [-0.1, -0.05) is 36.6 Å². The summed E-state index contributed by atoms with van der Waals surface area (Å²) in [7, 11) is 0. The summed E-state index contributed by atoms with van der Waals surface area (Å²) in [5.74, 6) is 0.670. The van der Waals surface area contributed by atoms with Crippen LogP contribution in [0.5, 0.6) is 0 Å². The molecule has 25 heavy (non-hydrogen) atoms. The minimum atomic E-state index is -0.0827. The zero-order valence-corrected chi connectivity index (χ0v) is 14.9. The summed E-state index contributed by atoms with van der Waals surface area (Å²) < 4.78 is 0. The van der Waals surface area contributed by atoms with Gasteiger partial charge in [-0.3, -0.25) is 10.2 Å². The molecule has 1 saturated carbocycles. The molecule has 3 heterocycles. The van der Waals surface area contributed by atoms with Gasteiger partial charge in [-0.25, -0.2) is 5.43 Å². The summed E-state index contributed by atoms with van der Waals surface area (Å²) in [6.07, 6.45) is 5.68. The molecule has 2 aromatic rings. The van der Waals surface area contributed by atoms with E-state index in [-0.39, 0.29) is 11.9 Å². The number of rotatable bonds is 1. The lowest BCUT2D eigenvalue weighted by atomic mass is 9.81. The van der Waals surface area contributed by atoms with Crippen molar-refractivity contribution in [3.05, 3.63) is 34.5 Å². The van der Waals surface area contributed by atoms with Gasteiger partial charge in [-0.05, 0) is 18.9 Å². The summed E-state index contributed by atoms with van der Waals surface area (Å²) >= 11 is 6.33. The monoisotopic (exact) mass is 358 g/mol. The van der Waals surface area contributed by atoms with Crippen molar-refractivity contribution in [1.29, 1.82) is 0 Å². The first kappa shape index (κ1) is 15.7. The zero-order chi connectivity index (χ0) is 17.0. The zero-order valence-electron chi connectivity index (χ0n) is 14.1. The van der Waals surface area contributed by atoms with Crippen LogP contribution >= 0.6 is 11.6 Å². The second-order valence-corrected chi connectivity index (χ2v) is 7.98. The highest BCUT2D eigenvalue weighted by Gasteiger charge is 2.43. The molecule has 1 saturated heterocycles. The van der Waals surface area contributed by atoms with Crippen LogP contribution in [0.15, 0.2) is 18.2 Å². The lowest BCUT2D eigenvalue weighted by Crippen LogP contribution is -2.49. The first-order chi connectivity index (χ1) is 12.2. The Morgan fingerprint density at radius 1 is 1.20 bits per heavy atom. The average molecular weight is 359 g/mol. The van der Waals surface area contributed by atoms with E-state index in [4.69, 9.17) is 11.6 Å². The minimum absolute atomic E-state index is 0.0827. The first-order valence-corrected chi connectivity index (χ1v) is 9.68. The number of H-pyrrole nitrogens is 1. The quantitative estimate of drug-likeness (QED) is 0.734. The molecule has 3 atom stereocenters. The van der Waals surface area contributed by atoms with Crippen molar-refractivity contribution < 1.29 is 4.79 Å². The van der Waals surface area contributed by atoms with Gasteiger partial charge in [0.1, 0.15) is 6.04 Å². The van der Waals surface area contributed by atoms with Crippen LogP contribution in [0.3, 0.4) is 0 Å². The SMILES string of the molecule is O=C(C1NNC2CCCCC21)N1CCc2[nH]c3c(Cl)cccc3c2C1. The fourth-order valence-corrected chi connectivity index (χ4v) is 5.10. The molecule has 3 N–H and O–H groups in total. The summed E-state index contributed by atoms with van der Waals surface area (Å²) in [4.78, 5) is 18.7. The number of nitrogens with one attached hydrogen (secondary N) is 3. The van der Waals surface area contributed by atoms with Gasteiger partial charge >= 0.3 is 0 Å². The average Bonchev–Trinajstić information content (AvgIpc) is 3.23. The Hall–Kier alpha value is -1.56. The number of carbonyl (C=O) groups excluding carboxylic acids is 1. The number of para-hydroxylation sites is 1. The van der Waals surface area contributed by atoms with E-state index in [9.17, 15) is 4.79 Å². The molecular weight excluding hydrogens is 336 g/mol. The summed E-state index contributed by atoms with van der Waals surface area (Å²) in [6, 6.07) is 6.35. The van der Waals surface area contributed by atoms with Crippen LogP contribution in [0.4, 0.5) is 0 Å². The Kier molecular flexibility index (Phi) is 3.77. The summed E-state index contributed by atoms with van der Waals surface area (Å²) in [5, 5.41) is 1.89. The second-order valence-electron chi connectivity index (χ2n) is 7.58. The molecule has 2 fully saturated rings. The molecule has 0 radical (unpaired) electrons. The number of aromatic amines is 1. The van der Waals surface area contributed by atoms with Crippen molar-refractivity contribution in [2.75, 3.05) is 6.54 Å². The number of benzene rings is 1. The molecule has 6 heteroatoms. The third-order valence-electron chi connectivity index (χ3n) is 6.21. The Bertz CT molecular complexity index is 832. The maximum absolute atomic E-state index is 13.2. The Morgan fingerprint density at radius 2 is 2.08 bits per heavy atom. The van der Waals surface area contributed by atoms with Crippen LogP contribution in [0.2, 0.25) is 5.02 Å². The van der Waals surface area contributed by atoms with Gasteiger partial charge in [-0.2, -0.15) is 0 Å². The first-order valence-electron chi connectivity index (χ1n) is 9.30. The fourth-order valence-electron chi connectivity index (χ4n) is 4.87. The maximum atomic E-state index is 13.2. The van der Waals surface area contributed by atoms with Gasteiger partial charge in [0.15, 0.2) is 0 Å².